The summed E-state index contributed by atoms with van der Waals surface area (Å²) in [6, 6.07) is 6.69. The zero-order chi connectivity index (χ0) is 18.1. The maximum Gasteiger partial charge on any atom is 0.291 e. The number of nitrogens with one attached hydrogen (secondary N) is 2. The second kappa shape index (κ2) is 6.77. The summed E-state index contributed by atoms with van der Waals surface area (Å²) in [5.74, 6) is 1.60. The van der Waals surface area contributed by atoms with Crippen molar-refractivity contribution in [3.63, 3.8) is 0 Å². The van der Waals surface area contributed by atoms with Gasteiger partial charge in [0.2, 0.25) is 0 Å². The Morgan fingerprint density at radius 1 is 1.23 bits per heavy atom. The van der Waals surface area contributed by atoms with E-state index in [1.807, 2.05) is 12.1 Å². The SMILES string of the molecule is CC1(C)Cc2c(C#N)c(NC3CCCCC3)[nH+]c(-c3ccco3)c2CO1. The van der Waals surface area contributed by atoms with Gasteiger partial charge in [-0.25, -0.2) is 4.98 Å². The molecule has 0 spiro atoms. The van der Waals surface area contributed by atoms with E-state index in [0.29, 0.717) is 19.1 Å². The second-order valence-electron chi connectivity index (χ2n) is 8.00. The molecule has 5 heteroatoms. The molecule has 0 saturated heterocycles. The van der Waals surface area contributed by atoms with Gasteiger partial charge in [0, 0.05) is 12.0 Å². The maximum atomic E-state index is 9.92. The molecule has 0 amide bonds. The lowest BCUT2D eigenvalue weighted by Gasteiger charge is -2.32. The molecule has 1 saturated carbocycles. The molecule has 1 fully saturated rings. The third-order valence-corrected chi connectivity index (χ3v) is 5.51. The summed E-state index contributed by atoms with van der Waals surface area (Å²) in [6.45, 7) is 4.64. The number of anilines is 1. The number of H-pyrrole nitrogens is 1. The first-order chi connectivity index (χ1) is 12.6. The second-order valence-corrected chi connectivity index (χ2v) is 8.00. The standard InChI is InChI=1S/C21H25N3O2/c1-21(2)11-15-16(12-22)20(23-14-7-4-3-5-8-14)24-19(17(15)13-26-21)18-9-6-10-25-18/h6,9-10,14H,3-5,7-8,11,13H2,1-2H3,(H,23,24)/p+1. The van der Waals surface area contributed by atoms with Gasteiger partial charge < -0.3 is 9.15 Å². The van der Waals surface area contributed by atoms with Gasteiger partial charge in [-0.3, -0.25) is 5.32 Å². The van der Waals surface area contributed by atoms with E-state index in [1.165, 1.54) is 19.3 Å². The van der Waals surface area contributed by atoms with E-state index in [9.17, 15) is 5.26 Å². The highest BCUT2D eigenvalue weighted by atomic mass is 16.5. The molecule has 136 valence electrons. The average Bonchev–Trinajstić information content (AvgIpc) is 3.15. The van der Waals surface area contributed by atoms with Gasteiger partial charge >= 0.3 is 0 Å². The van der Waals surface area contributed by atoms with Crippen molar-refractivity contribution in [2.75, 3.05) is 5.32 Å². The molecule has 0 aromatic carbocycles. The van der Waals surface area contributed by atoms with Crippen LogP contribution in [0.5, 0.6) is 0 Å². The molecular formula is C21H26N3O2+. The van der Waals surface area contributed by atoms with E-state index in [2.05, 4.69) is 30.2 Å². The van der Waals surface area contributed by atoms with E-state index in [4.69, 9.17) is 9.15 Å². The number of fused-ring (bicyclic) bond motifs is 1. The summed E-state index contributed by atoms with van der Waals surface area (Å²) >= 11 is 0. The van der Waals surface area contributed by atoms with Crippen molar-refractivity contribution < 1.29 is 14.1 Å². The molecule has 4 rings (SSSR count). The fraction of sp³-hybridized carbons (Fsp3) is 0.524. The van der Waals surface area contributed by atoms with Crippen LogP contribution in [0.3, 0.4) is 0 Å². The van der Waals surface area contributed by atoms with Gasteiger partial charge in [0.05, 0.1) is 24.5 Å². The van der Waals surface area contributed by atoms with Crippen molar-refractivity contribution in [3.05, 3.63) is 35.1 Å². The number of nitrogens with zero attached hydrogens (tertiary/aromatic N) is 1. The molecule has 1 aliphatic carbocycles. The molecule has 26 heavy (non-hydrogen) atoms. The number of furan rings is 1. The van der Waals surface area contributed by atoms with Crippen LogP contribution in [0.1, 0.15) is 62.6 Å². The molecule has 2 N–H and O–H groups in total. The van der Waals surface area contributed by atoms with Gasteiger partial charge in [-0.2, -0.15) is 5.26 Å². The molecular weight excluding hydrogens is 326 g/mol. The first-order valence-corrected chi connectivity index (χ1v) is 9.53. The Labute approximate surface area is 154 Å². The molecule has 0 bridgehead atoms. The van der Waals surface area contributed by atoms with Crippen LogP contribution in [0.2, 0.25) is 0 Å². The molecule has 5 nitrogen and oxygen atoms in total. The number of rotatable bonds is 3. The van der Waals surface area contributed by atoms with Gasteiger partial charge in [-0.15, -0.1) is 0 Å². The minimum absolute atomic E-state index is 0.275. The lowest BCUT2D eigenvalue weighted by molar-refractivity contribution is -0.350. The summed E-state index contributed by atoms with van der Waals surface area (Å²) in [5, 5.41) is 13.5. The lowest BCUT2D eigenvalue weighted by Crippen LogP contribution is -2.36. The zero-order valence-corrected chi connectivity index (χ0v) is 15.5. The fourth-order valence-electron chi connectivity index (χ4n) is 4.13. The van der Waals surface area contributed by atoms with Gasteiger partial charge in [0.1, 0.15) is 11.6 Å². The van der Waals surface area contributed by atoms with Crippen LogP contribution >= 0.6 is 0 Å². The van der Waals surface area contributed by atoms with Crippen molar-refractivity contribution in [3.8, 4) is 17.5 Å². The molecule has 2 aromatic rings. The Hall–Kier alpha value is -2.32. The van der Waals surface area contributed by atoms with E-state index >= 15 is 0 Å². The fourth-order valence-corrected chi connectivity index (χ4v) is 4.13. The van der Waals surface area contributed by atoms with Crippen molar-refractivity contribution in [2.45, 2.75) is 70.6 Å². The Balaban J connectivity index is 1.83. The number of hydrogen-bond donors (Lipinski definition) is 1. The monoisotopic (exact) mass is 352 g/mol. The van der Waals surface area contributed by atoms with Crippen LogP contribution in [0.25, 0.3) is 11.5 Å². The normalized spacial score (nSPS) is 19.6. The molecule has 0 atom stereocenters. The molecule has 2 aliphatic rings. The van der Waals surface area contributed by atoms with Crippen LogP contribution in [0.15, 0.2) is 22.8 Å². The Morgan fingerprint density at radius 3 is 2.73 bits per heavy atom. The van der Waals surface area contributed by atoms with Crippen molar-refractivity contribution >= 4 is 5.82 Å². The number of aromatic amines is 1. The van der Waals surface area contributed by atoms with Gasteiger partial charge in [-0.05, 0) is 57.2 Å². The predicted molar refractivity (Wildman–Crippen MR) is 98.5 cm³/mol. The zero-order valence-electron chi connectivity index (χ0n) is 15.5. The minimum atomic E-state index is -0.275. The van der Waals surface area contributed by atoms with Crippen molar-refractivity contribution in [1.82, 2.24) is 0 Å². The molecule has 0 unspecified atom stereocenters. The topological polar surface area (TPSA) is 72.3 Å². The van der Waals surface area contributed by atoms with E-state index in [-0.39, 0.29) is 5.60 Å². The van der Waals surface area contributed by atoms with Crippen LogP contribution in [0, 0.1) is 11.3 Å². The summed E-state index contributed by atoms with van der Waals surface area (Å²) in [4.78, 5) is 3.46. The number of hydrogen-bond acceptors (Lipinski definition) is 4. The van der Waals surface area contributed by atoms with Crippen LogP contribution < -0.4 is 10.3 Å². The predicted octanol–water partition coefficient (Wildman–Crippen LogP) is 4.23. The third kappa shape index (κ3) is 3.22. The molecule has 1 aliphatic heterocycles. The van der Waals surface area contributed by atoms with E-state index in [0.717, 1.165) is 46.8 Å². The Kier molecular flexibility index (Phi) is 4.46. The highest BCUT2D eigenvalue weighted by molar-refractivity contribution is 5.65. The minimum Gasteiger partial charge on any atom is -0.461 e. The quantitative estimate of drug-likeness (QED) is 0.897. The van der Waals surface area contributed by atoms with Crippen LogP contribution in [-0.2, 0) is 17.8 Å². The van der Waals surface area contributed by atoms with Gasteiger partial charge in [0.15, 0.2) is 11.5 Å². The molecule has 3 heterocycles. The maximum absolute atomic E-state index is 9.92. The summed E-state index contributed by atoms with van der Waals surface area (Å²) < 4.78 is 11.7. The average molecular weight is 352 g/mol. The highest BCUT2D eigenvalue weighted by Gasteiger charge is 2.35. The van der Waals surface area contributed by atoms with Crippen LogP contribution in [-0.4, -0.2) is 11.6 Å². The number of ether oxygens (including phenoxy) is 1. The Bertz CT molecular complexity index is 828. The number of aromatic nitrogens is 1. The number of nitriles is 1. The summed E-state index contributed by atoms with van der Waals surface area (Å²) in [7, 11) is 0. The third-order valence-electron chi connectivity index (χ3n) is 5.51. The summed E-state index contributed by atoms with van der Waals surface area (Å²) in [5.41, 5.74) is 3.47. The summed E-state index contributed by atoms with van der Waals surface area (Å²) in [6.07, 6.45) is 8.50. The van der Waals surface area contributed by atoms with Gasteiger partial charge in [0.25, 0.3) is 5.82 Å². The Morgan fingerprint density at radius 2 is 2.04 bits per heavy atom. The first-order valence-electron chi connectivity index (χ1n) is 9.53. The lowest BCUT2D eigenvalue weighted by atomic mass is 9.87. The highest BCUT2D eigenvalue weighted by Crippen LogP contribution is 2.36. The number of pyridine rings is 1. The van der Waals surface area contributed by atoms with E-state index < -0.39 is 0 Å². The van der Waals surface area contributed by atoms with Crippen molar-refractivity contribution in [2.24, 2.45) is 0 Å². The largest absolute Gasteiger partial charge is 0.461 e. The first kappa shape index (κ1) is 17.1. The molecule has 0 radical (unpaired) electrons. The van der Waals surface area contributed by atoms with Gasteiger partial charge in [-0.1, -0.05) is 6.42 Å². The van der Waals surface area contributed by atoms with Crippen molar-refractivity contribution in [1.29, 1.82) is 5.26 Å². The smallest absolute Gasteiger partial charge is 0.291 e. The molecule has 2 aromatic heterocycles. The van der Waals surface area contributed by atoms with E-state index in [1.54, 1.807) is 6.26 Å². The van der Waals surface area contributed by atoms with Crippen LogP contribution in [0.4, 0.5) is 5.82 Å².